The van der Waals surface area contributed by atoms with Crippen molar-refractivity contribution in [2.45, 2.75) is 77.5 Å². The highest BCUT2D eigenvalue weighted by Crippen LogP contribution is 2.31. The second-order valence-electron chi connectivity index (χ2n) is 9.26. The minimum atomic E-state index is -0.452. The SMILES string of the molecule is CC[C@@H]1CC[C@H](n2c(=O)sc3c(=O)[nH]c(C)nc32)O1.Cc1nc2c(sc(=O)n2[C@H]2CC[C@@H](CO)O2)c(=O)[nH]1. The molecule has 0 aliphatic carbocycles. The second kappa shape index (κ2) is 10.6. The number of aliphatic hydroxyl groups is 1. The Morgan fingerprint density at radius 3 is 1.66 bits per heavy atom. The van der Waals surface area contributed by atoms with Crippen LogP contribution in [-0.4, -0.2) is 53.0 Å². The Hall–Kier alpha value is -2.98. The van der Waals surface area contributed by atoms with Gasteiger partial charge in [0.15, 0.2) is 11.3 Å². The molecule has 6 rings (SSSR count). The van der Waals surface area contributed by atoms with Crippen molar-refractivity contribution in [1.29, 1.82) is 0 Å². The van der Waals surface area contributed by atoms with Crippen molar-refractivity contribution >= 4 is 43.4 Å². The van der Waals surface area contributed by atoms with Crippen LogP contribution in [0.2, 0.25) is 0 Å². The molecule has 0 amide bonds. The molecular weight excluding hydrogens is 536 g/mol. The Labute approximate surface area is 222 Å². The quantitative estimate of drug-likeness (QED) is 0.333. The van der Waals surface area contributed by atoms with Gasteiger partial charge in [-0.2, -0.15) is 0 Å². The molecule has 4 aromatic rings. The molecule has 2 aliphatic rings. The van der Waals surface area contributed by atoms with E-state index in [0.29, 0.717) is 45.2 Å². The van der Waals surface area contributed by atoms with Gasteiger partial charge in [-0.3, -0.25) is 28.3 Å². The summed E-state index contributed by atoms with van der Waals surface area (Å²) >= 11 is 1.80. The molecule has 0 saturated carbocycles. The largest absolute Gasteiger partial charge is 0.394 e. The Kier molecular flexibility index (Phi) is 7.46. The number of nitrogens with zero attached hydrogens (tertiary/aromatic N) is 4. The zero-order valence-corrected chi connectivity index (χ0v) is 22.7. The number of aromatic amines is 2. The summed E-state index contributed by atoms with van der Waals surface area (Å²) in [5, 5.41) is 9.07. The molecule has 38 heavy (non-hydrogen) atoms. The summed E-state index contributed by atoms with van der Waals surface area (Å²) in [4.78, 5) is 61.0. The van der Waals surface area contributed by atoms with E-state index in [1.54, 1.807) is 13.8 Å². The Balaban J connectivity index is 0.000000155. The number of aromatic nitrogens is 6. The fraction of sp³-hybridized carbons (Fsp3) is 0.565. The highest BCUT2D eigenvalue weighted by Gasteiger charge is 2.30. The van der Waals surface area contributed by atoms with Gasteiger partial charge >= 0.3 is 9.75 Å². The number of ether oxygens (including phenoxy) is 2. The predicted octanol–water partition coefficient (Wildman–Crippen LogP) is 1.67. The molecule has 3 N–H and O–H groups in total. The first-order valence-corrected chi connectivity index (χ1v) is 14.0. The molecule has 6 heterocycles. The lowest BCUT2D eigenvalue weighted by Gasteiger charge is -2.13. The molecule has 0 spiro atoms. The fourth-order valence-electron chi connectivity index (χ4n) is 4.77. The number of nitrogens with one attached hydrogen (secondary N) is 2. The number of aryl methyl sites for hydroxylation is 2. The van der Waals surface area contributed by atoms with Crippen molar-refractivity contribution in [2.75, 3.05) is 6.61 Å². The number of hydrogen-bond donors (Lipinski definition) is 3. The van der Waals surface area contributed by atoms with Crippen LogP contribution in [0, 0.1) is 13.8 Å². The van der Waals surface area contributed by atoms with Gasteiger partial charge in [0.05, 0.1) is 18.8 Å². The zero-order chi connectivity index (χ0) is 27.1. The number of hydrogen-bond acceptors (Lipinski definition) is 11. The summed E-state index contributed by atoms with van der Waals surface area (Å²) in [5.41, 5.74) is 0.242. The predicted molar refractivity (Wildman–Crippen MR) is 142 cm³/mol. The van der Waals surface area contributed by atoms with Gasteiger partial charge in [-0.1, -0.05) is 29.6 Å². The lowest BCUT2D eigenvalue weighted by Crippen LogP contribution is -2.22. The van der Waals surface area contributed by atoms with Gasteiger partial charge in [-0.05, 0) is 46.0 Å². The van der Waals surface area contributed by atoms with Crippen molar-refractivity contribution < 1.29 is 14.6 Å². The van der Waals surface area contributed by atoms with Gasteiger partial charge in [-0.25, -0.2) is 9.97 Å². The van der Waals surface area contributed by atoms with Crippen LogP contribution in [-0.2, 0) is 9.47 Å². The van der Waals surface area contributed by atoms with Crippen LogP contribution in [0.4, 0.5) is 0 Å². The monoisotopic (exact) mass is 564 g/mol. The van der Waals surface area contributed by atoms with Gasteiger partial charge in [-0.15, -0.1) is 0 Å². The summed E-state index contributed by atoms with van der Waals surface area (Å²) in [6.45, 7) is 5.37. The molecule has 0 aromatic carbocycles. The number of H-pyrrole nitrogens is 2. The topological polar surface area (TPSA) is 174 Å². The molecule has 13 nitrogen and oxygen atoms in total. The molecule has 4 aromatic heterocycles. The molecule has 4 atom stereocenters. The third kappa shape index (κ3) is 4.91. The van der Waals surface area contributed by atoms with E-state index in [1.807, 2.05) is 0 Å². The van der Waals surface area contributed by atoms with E-state index in [1.165, 1.54) is 9.13 Å². The Morgan fingerprint density at radius 2 is 1.26 bits per heavy atom. The summed E-state index contributed by atoms with van der Waals surface area (Å²) in [7, 11) is 0. The summed E-state index contributed by atoms with van der Waals surface area (Å²) < 4.78 is 15.1. The van der Waals surface area contributed by atoms with Crippen molar-refractivity contribution in [1.82, 2.24) is 29.1 Å². The number of thiazole rings is 2. The fourth-order valence-corrected chi connectivity index (χ4v) is 6.48. The molecule has 0 bridgehead atoms. The third-order valence-electron chi connectivity index (χ3n) is 6.59. The molecule has 0 unspecified atom stereocenters. The molecule has 2 fully saturated rings. The van der Waals surface area contributed by atoms with E-state index >= 15 is 0 Å². The van der Waals surface area contributed by atoms with E-state index in [9.17, 15) is 19.2 Å². The van der Waals surface area contributed by atoms with Crippen LogP contribution in [0.15, 0.2) is 19.2 Å². The maximum atomic E-state index is 12.1. The van der Waals surface area contributed by atoms with Gasteiger partial charge < -0.3 is 24.5 Å². The first-order chi connectivity index (χ1) is 18.2. The van der Waals surface area contributed by atoms with Gasteiger partial charge in [0.25, 0.3) is 11.1 Å². The van der Waals surface area contributed by atoms with Crippen LogP contribution in [0.5, 0.6) is 0 Å². The smallest absolute Gasteiger partial charge is 0.311 e. The summed E-state index contributed by atoms with van der Waals surface area (Å²) in [5.74, 6) is 0.967. The minimum absolute atomic E-state index is 0.0691. The van der Waals surface area contributed by atoms with E-state index in [-0.39, 0.29) is 45.9 Å². The molecule has 204 valence electrons. The number of rotatable bonds is 4. The highest BCUT2D eigenvalue weighted by atomic mass is 32.1. The molecule has 0 radical (unpaired) electrons. The van der Waals surface area contributed by atoms with Crippen molar-refractivity contribution in [2.24, 2.45) is 0 Å². The maximum Gasteiger partial charge on any atom is 0.311 e. The highest BCUT2D eigenvalue weighted by molar-refractivity contribution is 7.16. The molecule has 15 heteroatoms. The average molecular weight is 565 g/mol. The molecular formula is C23H28N6O7S2. The zero-order valence-electron chi connectivity index (χ0n) is 21.1. The summed E-state index contributed by atoms with van der Waals surface area (Å²) in [6.07, 6.45) is 3.17. The van der Waals surface area contributed by atoms with Gasteiger partial charge in [0.1, 0.15) is 33.5 Å². The van der Waals surface area contributed by atoms with Gasteiger partial charge in [0.2, 0.25) is 0 Å². The Bertz CT molecular complexity index is 1590. The van der Waals surface area contributed by atoms with Crippen LogP contribution in [0.3, 0.4) is 0 Å². The van der Waals surface area contributed by atoms with Crippen molar-refractivity contribution in [3.8, 4) is 0 Å². The first kappa shape index (κ1) is 26.6. The lowest BCUT2D eigenvalue weighted by atomic mass is 10.2. The van der Waals surface area contributed by atoms with Crippen LogP contribution >= 0.6 is 22.7 Å². The van der Waals surface area contributed by atoms with Crippen LogP contribution in [0.25, 0.3) is 20.7 Å². The van der Waals surface area contributed by atoms with Crippen LogP contribution < -0.4 is 20.9 Å². The lowest BCUT2D eigenvalue weighted by molar-refractivity contribution is -0.0214. The van der Waals surface area contributed by atoms with E-state index < -0.39 is 6.23 Å². The van der Waals surface area contributed by atoms with Gasteiger partial charge in [0, 0.05) is 0 Å². The Morgan fingerprint density at radius 1 is 0.816 bits per heavy atom. The van der Waals surface area contributed by atoms with Crippen LogP contribution in [0.1, 0.15) is 63.1 Å². The second-order valence-corrected chi connectivity index (χ2v) is 11.2. The standard InChI is InChI=1S/C12H15N3O3S.C11H13N3O4S/c1-3-7-4-5-8(18-7)15-10-9(19-12(15)17)11(16)14-6(2)13-10;1-5-12-9-8(10(16)13-5)19-11(17)14(9)7-3-2-6(4-15)18-7/h7-8H,3-5H2,1-2H3,(H,13,14,16);6-7,15H,2-4H2,1H3,(H,12,13,16)/t7-,8-;6-,7+/m10/s1. The normalized spacial score (nSPS) is 23.3. The average Bonchev–Trinajstić information content (AvgIpc) is 3.64. The summed E-state index contributed by atoms with van der Waals surface area (Å²) in [6, 6.07) is 0. The maximum absolute atomic E-state index is 12.1. The molecule has 2 aliphatic heterocycles. The van der Waals surface area contributed by atoms with E-state index in [2.05, 4.69) is 26.9 Å². The van der Waals surface area contributed by atoms with E-state index in [0.717, 1.165) is 41.9 Å². The van der Waals surface area contributed by atoms with E-state index in [4.69, 9.17) is 14.6 Å². The number of fused-ring (bicyclic) bond motifs is 2. The molecule has 2 saturated heterocycles. The van der Waals surface area contributed by atoms with Crippen molar-refractivity contribution in [3.05, 3.63) is 51.7 Å². The van der Waals surface area contributed by atoms with Crippen molar-refractivity contribution in [3.63, 3.8) is 0 Å². The third-order valence-corrected chi connectivity index (χ3v) is 8.48. The number of aliphatic hydroxyl groups excluding tert-OH is 1. The first-order valence-electron chi connectivity index (χ1n) is 12.4. The minimum Gasteiger partial charge on any atom is -0.394 e.